The van der Waals surface area contributed by atoms with Gasteiger partial charge in [0.25, 0.3) is 0 Å². The van der Waals surface area contributed by atoms with Crippen molar-refractivity contribution < 1.29 is 4.42 Å². The van der Waals surface area contributed by atoms with Crippen LogP contribution in [0.25, 0.3) is 49.4 Å². The summed E-state index contributed by atoms with van der Waals surface area (Å²) >= 11 is 0. The lowest BCUT2D eigenvalue weighted by molar-refractivity contribution is 0.669. The van der Waals surface area contributed by atoms with E-state index in [2.05, 4.69) is 64.2 Å². The molecule has 2 heterocycles. The first kappa shape index (κ1) is 20.4. The molecule has 4 heteroatoms. The van der Waals surface area contributed by atoms with Gasteiger partial charge in [-0.05, 0) is 42.0 Å². The van der Waals surface area contributed by atoms with Gasteiger partial charge >= 0.3 is 0 Å². The molecular weight excluding hydrogens is 442 g/mol. The summed E-state index contributed by atoms with van der Waals surface area (Å²) in [4.78, 5) is 4.42. The van der Waals surface area contributed by atoms with Gasteiger partial charge in [-0.15, -0.1) is 0 Å². The highest BCUT2D eigenvalue weighted by Gasteiger charge is 2.16. The van der Waals surface area contributed by atoms with Gasteiger partial charge in [0.1, 0.15) is 11.2 Å². The molecule has 0 saturated carbocycles. The van der Waals surface area contributed by atoms with Crippen LogP contribution in [0, 0.1) is 5.41 Å². The minimum absolute atomic E-state index is 0.243. The third-order valence-corrected chi connectivity index (χ3v) is 6.69. The number of aromatic nitrogens is 1. The molecule has 0 unspecified atom stereocenters. The molecule has 0 aliphatic carbocycles. The summed E-state index contributed by atoms with van der Waals surface area (Å²) in [5.74, 6) is 0.243. The molecule has 0 spiro atoms. The van der Waals surface area contributed by atoms with Gasteiger partial charge in [-0.1, -0.05) is 78.9 Å². The molecule has 7 aromatic rings. The highest BCUT2D eigenvalue weighted by molar-refractivity contribution is 6.17. The standard InChI is InChI=1S/C32H21N3O/c33-32(22-10-2-1-3-11-22)34-20-21-9-8-12-23(17-21)35-28-15-6-4-13-24(28)26-19-31-27(18-29(26)35)25-14-5-7-16-30(25)36-31/h1-20,33H. The molecule has 5 aromatic carbocycles. The number of nitrogens with one attached hydrogen (secondary N) is 1. The Bertz CT molecular complexity index is 1960. The van der Waals surface area contributed by atoms with Crippen LogP contribution in [0.1, 0.15) is 11.1 Å². The molecule has 0 aliphatic rings. The average Bonchev–Trinajstić information content (AvgIpc) is 3.46. The van der Waals surface area contributed by atoms with Gasteiger partial charge in [0.15, 0.2) is 5.84 Å². The van der Waals surface area contributed by atoms with Gasteiger partial charge in [0, 0.05) is 39.0 Å². The molecule has 170 valence electrons. The number of aliphatic imine (C=N–C) groups is 1. The van der Waals surface area contributed by atoms with Gasteiger partial charge in [0.2, 0.25) is 0 Å². The number of hydrogen-bond donors (Lipinski definition) is 1. The number of para-hydroxylation sites is 2. The minimum atomic E-state index is 0.243. The lowest BCUT2D eigenvalue weighted by Crippen LogP contribution is -1.97. The van der Waals surface area contributed by atoms with Crippen LogP contribution in [-0.2, 0) is 0 Å². The molecule has 0 aliphatic heterocycles. The molecule has 36 heavy (non-hydrogen) atoms. The summed E-state index contributed by atoms with van der Waals surface area (Å²) in [5, 5.41) is 12.9. The molecular formula is C32H21N3O. The lowest BCUT2D eigenvalue weighted by Gasteiger charge is -2.09. The van der Waals surface area contributed by atoms with Crippen molar-refractivity contribution in [3.05, 3.63) is 126 Å². The van der Waals surface area contributed by atoms with E-state index in [4.69, 9.17) is 9.83 Å². The minimum Gasteiger partial charge on any atom is -0.456 e. The van der Waals surface area contributed by atoms with Crippen molar-refractivity contribution in [2.75, 3.05) is 0 Å². The lowest BCUT2D eigenvalue weighted by atomic mass is 10.1. The Morgan fingerprint density at radius 3 is 2.31 bits per heavy atom. The van der Waals surface area contributed by atoms with E-state index in [0.29, 0.717) is 0 Å². The maximum atomic E-state index is 8.30. The Labute approximate surface area is 207 Å². The first-order valence-electron chi connectivity index (χ1n) is 11.9. The summed E-state index contributed by atoms with van der Waals surface area (Å²) < 4.78 is 8.48. The van der Waals surface area contributed by atoms with E-state index >= 15 is 0 Å². The highest BCUT2D eigenvalue weighted by atomic mass is 16.3. The van der Waals surface area contributed by atoms with E-state index in [-0.39, 0.29) is 5.84 Å². The first-order valence-corrected chi connectivity index (χ1v) is 11.9. The van der Waals surface area contributed by atoms with Crippen molar-refractivity contribution in [3.63, 3.8) is 0 Å². The van der Waals surface area contributed by atoms with E-state index in [0.717, 1.165) is 55.2 Å². The molecule has 1 N–H and O–H groups in total. The summed E-state index contributed by atoms with van der Waals surface area (Å²) in [6, 6.07) is 38.9. The zero-order valence-corrected chi connectivity index (χ0v) is 19.3. The van der Waals surface area contributed by atoms with Crippen LogP contribution >= 0.6 is 0 Å². The number of rotatable bonds is 3. The molecule has 0 saturated heterocycles. The predicted octanol–water partition coefficient (Wildman–Crippen LogP) is 8.13. The van der Waals surface area contributed by atoms with Gasteiger partial charge in [0.05, 0.1) is 11.0 Å². The summed E-state index contributed by atoms with van der Waals surface area (Å²) in [7, 11) is 0. The largest absolute Gasteiger partial charge is 0.456 e. The van der Waals surface area contributed by atoms with Crippen molar-refractivity contribution >= 4 is 55.8 Å². The SMILES string of the molecule is N=C(N=Cc1cccc(-n2c3ccccc3c3cc4oc5ccccc5c4cc32)c1)c1ccccc1. The maximum absolute atomic E-state index is 8.30. The molecule has 0 atom stereocenters. The van der Waals surface area contributed by atoms with Gasteiger partial charge in [-0.2, -0.15) is 0 Å². The third kappa shape index (κ3) is 3.23. The molecule has 7 rings (SSSR count). The third-order valence-electron chi connectivity index (χ3n) is 6.69. The second-order valence-corrected chi connectivity index (χ2v) is 8.88. The van der Waals surface area contributed by atoms with Crippen LogP contribution < -0.4 is 0 Å². The van der Waals surface area contributed by atoms with E-state index in [1.807, 2.05) is 60.7 Å². The van der Waals surface area contributed by atoms with Gasteiger partial charge in [-0.3, -0.25) is 5.41 Å². The summed E-state index contributed by atoms with van der Waals surface area (Å²) in [5.41, 5.74) is 6.83. The number of nitrogens with zero attached hydrogens (tertiary/aromatic N) is 2. The number of hydrogen-bond acceptors (Lipinski definition) is 2. The zero-order chi connectivity index (χ0) is 24.1. The number of amidine groups is 1. The quantitative estimate of drug-likeness (QED) is 0.209. The first-order chi connectivity index (χ1) is 17.8. The van der Waals surface area contributed by atoms with Crippen molar-refractivity contribution in [3.8, 4) is 5.69 Å². The summed E-state index contributed by atoms with van der Waals surface area (Å²) in [6.07, 6.45) is 1.76. The summed E-state index contributed by atoms with van der Waals surface area (Å²) in [6.45, 7) is 0. The topological polar surface area (TPSA) is 54.3 Å². The van der Waals surface area contributed by atoms with Gasteiger partial charge in [-0.25, -0.2) is 4.99 Å². The van der Waals surface area contributed by atoms with E-state index < -0.39 is 0 Å². The Hall–Kier alpha value is -4.96. The fourth-order valence-electron chi connectivity index (χ4n) is 5.02. The van der Waals surface area contributed by atoms with E-state index in [1.165, 1.54) is 5.39 Å². The van der Waals surface area contributed by atoms with Crippen molar-refractivity contribution in [1.82, 2.24) is 4.57 Å². The van der Waals surface area contributed by atoms with Crippen molar-refractivity contribution in [2.45, 2.75) is 0 Å². The molecule has 2 aromatic heterocycles. The maximum Gasteiger partial charge on any atom is 0.151 e. The second kappa shape index (κ2) is 8.07. The van der Waals surface area contributed by atoms with E-state index in [1.54, 1.807) is 6.21 Å². The Morgan fingerprint density at radius 2 is 1.42 bits per heavy atom. The Kier molecular flexibility index (Phi) is 4.57. The molecule has 0 bridgehead atoms. The van der Waals surface area contributed by atoms with Crippen LogP contribution in [-0.4, -0.2) is 16.6 Å². The van der Waals surface area contributed by atoms with Crippen LogP contribution in [0.2, 0.25) is 0 Å². The van der Waals surface area contributed by atoms with Crippen LogP contribution in [0.3, 0.4) is 0 Å². The van der Waals surface area contributed by atoms with Crippen molar-refractivity contribution in [1.29, 1.82) is 5.41 Å². The normalized spacial score (nSPS) is 11.9. The smallest absolute Gasteiger partial charge is 0.151 e. The second-order valence-electron chi connectivity index (χ2n) is 8.88. The highest BCUT2D eigenvalue weighted by Crippen LogP contribution is 2.38. The number of fused-ring (bicyclic) bond motifs is 6. The fraction of sp³-hybridized carbons (Fsp3) is 0. The average molecular weight is 464 g/mol. The predicted molar refractivity (Wildman–Crippen MR) is 149 cm³/mol. The van der Waals surface area contributed by atoms with Gasteiger partial charge < -0.3 is 8.98 Å². The fourth-order valence-corrected chi connectivity index (χ4v) is 5.02. The number of benzene rings is 5. The Balaban J connectivity index is 1.41. The van der Waals surface area contributed by atoms with E-state index in [9.17, 15) is 0 Å². The van der Waals surface area contributed by atoms with Crippen LogP contribution in [0.15, 0.2) is 125 Å². The monoisotopic (exact) mass is 463 g/mol. The number of furan rings is 1. The van der Waals surface area contributed by atoms with Crippen LogP contribution in [0.4, 0.5) is 0 Å². The van der Waals surface area contributed by atoms with Crippen LogP contribution in [0.5, 0.6) is 0 Å². The zero-order valence-electron chi connectivity index (χ0n) is 19.3. The molecule has 4 nitrogen and oxygen atoms in total. The molecule has 0 fully saturated rings. The molecule has 0 amide bonds. The Morgan fingerprint density at radius 1 is 0.639 bits per heavy atom. The molecule has 0 radical (unpaired) electrons. The van der Waals surface area contributed by atoms with Crippen molar-refractivity contribution in [2.24, 2.45) is 4.99 Å².